The van der Waals surface area contributed by atoms with Crippen molar-refractivity contribution >= 4 is 17.4 Å². The van der Waals surface area contributed by atoms with E-state index in [1.165, 1.54) is 0 Å². The van der Waals surface area contributed by atoms with E-state index in [-0.39, 0.29) is 6.03 Å². The van der Waals surface area contributed by atoms with E-state index < -0.39 is 0 Å². The zero-order chi connectivity index (χ0) is 15.5. The van der Waals surface area contributed by atoms with E-state index in [1.807, 2.05) is 9.80 Å². The summed E-state index contributed by atoms with van der Waals surface area (Å²) >= 11 is 1.64. The molecule has 2 N–H and O–H groups in total. The van der Waals surface area contributed by atoms with Crippen molar-refractivity contribution in [3.8, 4) is 0 Å². The van der Waals surface area contributed by atoms with E-state index in [1.54, 1.807) is 11.3 Å². The van der Waals surface area contributed by atoms with E-state index in [4.69, 9.17) is 5.73 Å². The van der Waals surface area contributed by atoms with Crippen molar-refractivity contribution in [2.75, 3.05) is 46.3 Å². The molecule has 0 unspecified atom stereocenters. The molecule has 2 fully saturated rings. The van der Waals surface area contributed by atoms with Crippen molar-refractivity contribution in [3.05, 3.63) is 16.1 Å². The lowest BCUT2D eigenvalue weighted by atomic mass is 9.94. The van der Waals surface area contributed by atoms with Crippen LogP contribution < -0.4 is 5.73 Å². The third kappa shape index (κ3) is 3.42. The topological polar surface area (TPSA) is 65.7 Å². The molecule has 0 bridgehead atoms. The van der Waals surface area contributed by atoms with Crippen LogP contribution in [0.15, 0.2) is 5.38 Å². The smallest absolute Gasteiger partial charge is 0.320 e. The van der Waals surface area contributed by atoms with Gasteiger partial charge in [-0.15, -0.1) is 11.3 Å². The van der Waals surface area contributed by atoms with E-state index >= 15 is 0 Å². The Kier molecular flexibility index (Phi) is 4.95. The fourth-order valence-electron chi connectivity index (χ4n) is 3.17. The molecule has 2 aliphatic heterocycles. The Morgan fingerprint density at radius 3 is 2.45 bits per heavy atom. The Balaban J connectivity index is 1.51. The van der Waals surface area contributed by atoms with Gasteiger partial charge in [-0.25, -0.2) is 9.78 Å². The van der Waals surface area contributed by atoms with Gasteiger partial charge in [0.25, 0.3) is 0 Å². The van der Waals surface area contributed by atoms with Crippen LogP contribution in [0.3, 0.4) is 0 Å². The number of amides is 2. The van der Waals surface area contributed by atoms with Gasteiger partial charge in [-0.05, 0) is 19.9 Å². The second-order valence-electron chi connectivity index (χ2n) is 6.20. The summed E-state index contributed by atoms with van der Waals surface area (Å²) < 4.78 is 0. The molecule has 1 aromatic heterocycles. The molecule has 0 radical (unpaired) electrons. The van der Waals surface area contributed by atoms with E-state index in [0.29, 0.717) is 12.5 Å². The third-order valence-corrected chi connectivity index (χ3v) is 5.59. The van der Waals surface area contributed by atoms with Crippen LogP contribution in [0, 0.1) is 0 Å². The van der Waals surface area contributed by atoms with Crippen molar-refractivity contribution < 1.29 is 4.79 Å². The summed E-state index contributed by atoms with van der Waals surface area (Å²) in [6, 6.07) is 0.215. The molecule has 1 aromatic rings. The van der Waals surface area contributed by atoms with Gasteiger partial charge >= 0.3 is 6.03 Å². The Hall–Kier alpha value is -1.18. The van der Waals surface area contributed by atoms with Gasteiger partial charge in [-0.1, -0.05) is 0 Å². The van der Waals surface area contributed by atoms with Crippen LogP contribution >= 0.6 is 11.3 Å². The summed E-state index contributed by atoms with van der Waals surface area (Å²) in [6.07, 6.45) is 2.01. The predicted octanol–water partition coefficient (Wildman–Crippen LogP) is 1.15. The summed E-state index contributed by atoms with van der Waals surface area (Å²) in [5.74, 6) is 0.480. The summed E-state index contributed by atoms with van der Waals surface area (Å²) in [4.78, 5) is 23.4. The van der Waals surface area contributed by atoms with Gasteiger partial charge in [0, 0.05) is 57.1 Å². The molecule has 2 saturated heterocycles. The molecule has 0 aliphatic carbocycles. The number of likely N-dealkylation sites (tertiary alicyclic amines) is 1. The number of piperazine rings is 1. The molecule has 7 heteroatoms. The molecule has 122 valence electrons. The monoisotopic (exact) mass is 323 g/mol. The molecule has 6 nitrogen and oxygen atoms in total. The lowest BCUT2D eigenvalue weighted by Gasteiger charge is -2.38. The molecule has 0 atom stereocenters. The molecule has 0 saturated carbocycles. The van der Waals surface area contributed by atoms with Gasteiger partial charge in [-0.2, -0.15) is 0 Å². The number of aromatic nitrogens is 1. The second kappa shape index (κ2) is 6.93. The lowest BCUT2D eigenvalue weighted by Crippen LogP contribution is -2.53. The van der Waals surface area contributed by atoms with Crippen molar-refractivity contribution in [1.29, 1.82) is 0 Å². The minimum atomic E-state index is 0.215. The van der Waals surface area contributed by atoms with Gasteiger partial charge in [-0.3, -0.25) is 0 Å². The number of hydrogen-bond acceptors (Lipinski definition) is 5. The maximum Gasteiger partial charge on any atom is 0.320 e. The summed E-state index contributed by atoms with van der Waals surface area (Å²) in [7, 11) is 2.11. The zero-order valence-electron chi connectivity index (χ0n) is 13.2. The highest BCUT2D eigenvalue weighted by Gasteiger charge is 2.29. The number of thiazole rings is 1. The van der Waals surface area contributed by atoms with Gasteiger partial charge in [0.15, 0.2) is 0 Å². The molecule has 3 rings (SSSR count). The number of nitrogens with zero attached hydrogens (tertiary/aromatic N) is 4. The Morgan fingerprint density at radius 2 is 1.86 bits per heavy atom. The van der Waals surface area contributed by atoms with Crippen molar-refractivity contribution in [2.45, 2.75) is 25.3 Å². The molecule has 2 amide bonds. The maximum absolute atomic E-state index is 12.6. The lowest BCUT2D eigenvalue weighted by molar-refractivity contribution is 0.113. The van der Waals surface area contributed by atoms with Gasteiger partial charge in [0.05, 0.1) is 5.69 Å². The van der Waals surface area contributed by atoms with Crippen LogP contribution in [0.25, 0.3) is 0 Å². The largest absolute Gasteiger partial charge is 0.325 e. The Bertz CT molecular complexity index is 504. The van der Waals surface area contributed by atoms with Gasteiger partial charge < -0.3 is 20.4 Å². The number of carbonyl (C=O) groups is 1. The molecular formula is C15H25N5OS. The molecular weight excluding hydrogens is 298 g/mol. The highest BCUT2D eigenvalue weighted by molar-refractivity contribution is 7.09. The van der Waals surface area contributed by atoms with E-state index in [9.17, 15) is 4.79 Å². The predicted molar refractivity (Wildman–Crippen MR) is 88.0 cm³/mol. The molecule has 22 heavy (non-hydrogen) atoms. The van der Waals surface area contributed by atoms with E-state index in [0.717, 1.165) is 62.8 Å². The summed E-state index contributed by atoms with van der Waals surface area (Å²) in [6.45, 7) is 5.84. The first-order valence-electron chi connectivity index (χ1n) is 8.04. The van der Waals surface area contributed by atoms with Crippen LogP contribution in [-0.2, 0) is 6.54 Å². The quantitative estimate of drug-likeness (QED) is 0.887. The van der Waals surface area contributed by atoms with Crippen LogP contribution in [0.1, 0.15) is 29.5 Å². The highest BCUT2D eigenvalue weighted by atomic mass is 32.1. The zero-order valence-corrected chi connectivity index (χ0v) is 14.0. The first-order chi connectivity index (χ1) is 10.7. The summed E-state index contributed by atoms with van der Waals surface area (Å²) in [5.41, 5.74) is 6.80. The van der Waals surface area contributed by atoms with Gasteiger partial charge in [0.1, 0.15) is 5.01 Å². The average molecular weight is 323 g/mol. The van der Waals surface area contributed by atoms with Gasteiger partial charge in [0.2, 0.25) is 0 Å². The highest BCUT2D eigenvalue weighted by Crippen LogP contribution is 2.29. The van der Waals surface area contributed by atoms with E-state index in [2.05, 4.69) is 22.3 Å². The van der Waals surface area contributed by atoms with Crippen LogP contribution in [0.2, 0.25) is 0 Å². The number of carbonyl (C=O) groups excluding carboxylic acids is 1. The number of nitrogens with two attached hydrogens (primary N) is 1. The minimum Gasteiger partial charge on any atom is -0.325 e. The van der Waals surface area contributed by atoms with Crippen LogP contribution in [0.5, 0.6) is 0 Å². The van der Waals surface area contributed by atoms with Crippen molar-refractivity contribution in [3.63, 3.8) is 0 Å². The van der Waals surface area contributed by atoms with Crippen LogP contribution in [0.4, 0.5) is 4.79 Å². The first kappa shape index (κ1) is 15.7. The molecule has 3 heterocycles. The van der Waals surface area contributed by atoms with Crippen molar-refractivity contribution in [1.82, 2.24) is 19.7 Å². The number of rotatable bonds is 2. The fraction of sp³-hybridized carbons (Fsp3) is 0.733. The Morgan fingerprint density at radius 1 is 1.23 bits per heavy atom. The molecule has 0 aromatic carbocycles. The number of piperidine rings is 1. The SMILES string of the molecule is CN1CCN(C(=O)N2CCC(c3csc(CN)n3)CC2)CC1. The minimum absolute atomic E-state index is 0.215. The molecule has 0 spiro atoms. The normalized spacial score (nSPS) is 21.4. The van der Waals surface area contributed by atoms with Crippen LogP contribution in [-0.4, -0.2) is 72.0 Å². The number of urea groups is 1. The summed E-state index contributed by atoms with van der Waals surface area (Å²) in [5, 5.41) is 3.14. The average Bonchev–Trinajstić information content (AvgIpc) is 3.04. The third-order valence-electron chi connectivity index (χ3n) is 4.70. The first-order valence-corrected chi connectivity index (χ1v) is 8.92. The Labute approximate surface area is 135 Å². The fourth-order valence-corrected chi connectivity index (χ4v) is 3.93. The number of hydrogen-bond donors (Lipinski definition) is 1. The second-order valence-corrected chi connectivity index (χ2v) is 7.15. The maximum atomic E-state index is 12.6. The van der Waals surface area contributed by atoms with Crippen molar-refractivity contribution in [2.24, 2.45) is 5.73 Å². The molecule has 2 aliphatic rings. The number of likely N-dealkylation sites (N-methyl/N-ethyl adjacent to an activating group) is 1. The standard InChI is InChI=1S/C15H25N5OS/c1-18-6-8-20(9-7-18)15(21)19-4-2-12(3-5-19)13-11-22-14(10-16)17-13/h11-12H,2-10,16H2,1H3.